The first-order chi connectivity index (χ1) is 8.68. The molecule has 0 saturated carbocycles. The van der Waals surface area contributed by atoms with E-state index in [0.717, 1.165) is 26.0 Å². The zero-order valence-corrected chi connectivity index (χ0v) is 12.6. The highest BCUT2D eigenvalue weighted by Crippen LogP contribution is 2.13. The van der Waals surface area contributed by atoms with Crippen molar-refractivity contribution in [3.63, 3.8) is 0 Å². The number of morpholine rings is 1. The van der Waals surface area contributed by atoms with Crippen molar-refractivity contribution in [2.45, 2.75) is 44.9 Å². The minimum absolute atomic E-state index is 0. The van der Waals surface area contributed by atoms with E-state index in [-0.39, 0.29) is 36.5 Å². The number of ether oxygens (including phenoxy) is 2. The highest BCUT2D eigenvalue weighted by Gasteiger charge is 2.29. The van der Waals surface area contributed by atoms with E-state index in [1.165, 1.54) is 0 Å². The maximum Gasteiger partial charge on any atom is 0.237 e. The van der Waals surface area contributed by atoms with Gasteiger partial charge in [0.05, 0.1) is 37.9 Å². The summed E-state index contributed by atoms with van der Waals surface area (Å²) in [5, 5.41) is 3.21. The molecule has 2 fully saturated rings. The molecule has 112 valence electrons. The fourth-order valence-corrected chi connectivity index (χ4v) is 2.73. The summed E-state index contributed by atoms with van der Waals surface area (Å²) in [6.07, 6.45) is 2.53. The van der Waals surface area contributed by atoms with Crippen LogP contribution < -0.4 is 5.32 Å². The van der Waals surface area contributed by atoms with Crippen LogP contribution in [0.3, 0.4) is 0 Å². The predicted octanol–water partition coefficient (Wildman–Crippen LogP) is 0.813. The second-order valence-corrected chi connectivity index (χ2v) is 5.30. The number of carbonyl (C=O) groups excluding carboxylic acids is 1. The van der Waals surface area contributed by atoms with Crippen molar-refractivity contribution in [1.29, 1.82) is 0 Å². The van der Waals surface area contributed by atoms with E-state index >= 15 is 0 Å². The van der Waals surface area contributed by atoms with Gasteiger partial charge >= 0.3 is 0 Å². The van der Waals surface area contributed by atoms with Gasteiger partial charge in [-0.05, 0) is 26.7 Å². The van der Waals surface area contributed by atoms with Gasteiger partial charge in [0.15, 0.2) is 0 Å². The molecule has 0 aromatic heterocycles. The van der Waals surface area contributed by atoms with Crippen molar-refractivity contribution >= 4 is 18.3 Å². The standard InChI is InChI=1S/C13H24N2O3.ClH/c1-10-8-17-9-11(2)15(10)13(16)7-14-6-12-4-3-5-18-12;/h10-12,14H,3-9H2,1-2H3;1H. The lowest BCUT2D eigenvalue weighted by atomic mass is 10.1. The van der Waals surface area contributed by atoms with E-state index in [4.69, 9.17) is 9.47 Å². The van der Waals surface area contributed by atoms with Crippen LogP contribution in [0.25, 0.3) is 0 Å². The summed E-state index contributed by atoms with van der Waals surface area (Å²) in [4.78, 5) is 14.1. The molecule has 2 aliphatic heterocycles. The molecule has 2 heterocycles. The molecule has 2 aliphatic rings. The van der Waals surface area contributed by atoms with E-state index in [2.05, 4.69) is 5.32 Å². The summed E-state index contributed by atoms with van der Waals surface area (Å²) in [5.74, 6) is 0.163. The lowest BCUT2D eigenvalue weighted by molar-refractivity contribution is -0.143. The average molecular weight is 293 g/mol. The maximum atomic E-state index is 12.2. The first kappa shape index (κ1) is 16.7. The molecule has 2 rings (SSSR count). The molecule has 0 aromatic rings. The molecule has 3 atom stereocenters. The second kappa shape index (κ2) is 8.04. The third-order valence-electron chi connectivity index (χ3n) is 3.63. The number of halogens is 1. The fourth-order valence-electron chi connectivity index (χ4n) is 2.73. The average Bonchev–Trinajstić information content (AvgIpc) is 2.82. The van der Waals surface area contributed by atoms with Crippen LogP contribution in [0.4, 0.5) is 0 Å². The van der Waals surface area contributed by atoms with E-state index in [9.17, 15) is 4.79 Å². The topological polar surface area (TPSA) is 50.8 Å². The molecular weight excluding hydrogens is 268 g/mol. The van der Waals surface area contributed by atoms with E-state index < -0.39 is 0 Å². The van der Waals surface area contributed by atoms with Gasteiger partial charge in [-0.25, -0.2) is 0 Å². The number of amides is 1. The van der Waals surface area contributed by atoms with Crippen LogP contribution in [-0.4, -0.2) is 61.9 Å². The summed E-state index contributed by atoms with van der Waals surface area (Å²) < 4.78 is 10.9. The molecule has 2 saturated heterocycles. The van der Waals surface area contributed by atoms with Gasteiger partial charge in [-0.3, -0.25) is 4.79 Å². The van der Waals surface area contributed by atoms with Gasteiger partial charge in [0.25, 0.3) is 0 Å². The summed E-state index contributed by atoms with van der Waals surface area (Å²) in [7, 11) is 0. The van der Waals surface area contributed by atoms with E-state index in [1.54, 1.807) is 0 Å². The predicted molar refractivity (Wildman–Crippen MR) is 75.7 cm³/mol. The SMILES string of the molecule is CC1COCC(C)N1C(=O)CNCC1CCCO1.Cl. The lowest BCUT2D eigenvalue weighted by Gasteiger charge is -2.38. The van der Waals surface area contributed by atoms with Crippen molar-refractivity contribution in [1.82, 2.24) is 10.2 Å². The minimum Gasteiger partial charge on any atom is -0.377 e. The van der Waals surface area contributed by atoms with Gasteiger partial charge in [-0.1, -0.05) is 0 Å². The minimum atomic E-state index is 0. The van der Waals surface area contributed by atoms with Gasteiger partial charge in [0, 0.05) is 13.2 Å². The molecule has 5 nitrogen and oxygen atoms in total. The summed E-state index contributed by atoms with van der Waals surface area (Å²) in [6.45, 7) is 7.39. The Morgan fingerprint density at radius 3 is 2.58 bits per heavy atom. The lowest BCUT2D eigenvalue weighted by Crippen LogP contribution is -2.55. The molecule has 0 aromatic carbocycles. The third kappa shape index (κ3) is 4.60. The van der Waals surface area contributed by atoms with Crippen LogP contribution in [0, 0.1) is 0 Å². The Morgan fingerprint density at radius 2 is 2.00 bits per heavy atom. The molecule has 0 aliphatic carbocycles. The molecule has 0 radical (unpaired) electrons. The van der Waals surface area contributed by atoms with Crippen LogP contribution in [0.15, 0.2) is 0 Å². The van der Waals surface area contributed by atoms with Crippen molar-refractivity contribution in [2.75, 3.05) is 32.9 Å². The molecule has 0 bridgehead atoms. The normalized spacial score (nSPS) is 31.1. The fraction of sp³-hybridized carbons (Fsp3) is 0.923. The van der Waals surface area contributed by atoms with E-state index in [0.29, 0.717) is 19.8 Å². The molecule has 3 unspecified atom stereocenters. The Balaban J connectivity index is 0.00000180. The van der Waals surface area contributed by atoms with Crippen molar-refractivity contribution in [2.24, 2.45) is 0 Å². The largest absolute Gasteiger partial charge is 0.377 e. The Hall–Kier alpha value is -0.360. The molecular formula is C13H25ClN2O3. The number of nitrogens with one attached hydrogen (secondary N) is 1. The van der Waals surface area contributed by atoms with Gasteiger partial charge in [-0.2, -0.15) is 0 Å². The Morgan fingerprint density at radius 1 is 1.32 bits per heavy atom. The van der Waals surface area contributed by atoms with Gasteiger partial charge < -0.3 is 19.7 Å². The first-order valence-electron chi connectivity index (χ1n) is 6.89. The Kier molecular flexibility index (Phi) is 7.07. The molecule has 6 heteroatoms. The summed E-state index contributed by atoms with van der Waals surface area (Å²) >= 11 is 0. The number of carbonyl (C=O) groups is 1. The highest BCUT2D eigenvalue weighted by molar-refractivity contribution is 5.85. The number of hydrogen-bond donors (Lipinski definition) is 1. The van der Waals surface area contributed by atoms with E-state index in [1.807, 2.05) is 18.7 Å². The van der Waals surface area contributed by atoms with Crippen molar-refractivity contribution in [3.8, 4) is 0 Å². The van der Waals surface area contributed by atoms with Crippen LogP contribution in [0.2, 0.25) is 0 Å². The van der Waals surface area contributed by atoms with Crippen LogP contribution in [0.1, 0.15) is 26.7 Å². The Labute approximate surface area is 121 Å². The smallest absolute Gasteiger partial charge is 0.237 e. The second-order valence-electron chi connectivity index (χ2n) is 5.30. The number of rotatable bonds is 4. The van der Waals surface area contributed by atoms with Crippen LogP contribution in [0.5, 0.6) is 0 Å². The zero-order chi connectivity index (χ0) is 13.0. The number of hydrogen-bond acceptors (Lipinski definition) is 4. The van der Waals surface area contributed by atoms with Crippen LogP contribution >= 0.6 is 12.4 Å². The summed E-state index contributed by atoms with van der Waals surface area (Å²) in [5.41, 5.74) is 0. The zero-order valence-electron chi connectivity index (χ0n) is 11.8. The highest BCUT2D eigenvalue weighted by atomic mass is 35.5. The molecule has 1 N–H and O–H groups in total. The Bertz CT molecular complexity index is 275. The van der Waals surface area contributed by atoms with Crippen molar-refractivity contribution in [3.05, 3.63) is 0 Å². The maximum absolute atomic E-state index is 12.2. The monoisotopic (exact) mass is 292 g/mol. The quantitative estimate of drug-likeness (QED) is 0.833. The molecule has 0 spiro atoms. The summed E-state index contributed by atoms with van der Waals surface area (Å²) in [6, 6.07) is 0.344. The van der Waals surface area contributed by atoms with Crippen molar-refractivity contribution < 1.29 is 14.3 Å². The van der Waals surface area contributed by atoms with Gasteiger partial charge in [0.2, 0.25) is 5.91 Å². The van der Waals surface area contributed by atoms with Crippen LogP contribution in [-0.2, 0) is 14.3 Å². The number of nitrogens with zero attached hydrogens (tertiary/aromatic N) is 1. The van der Waals surface area contributed by atoms with Gasteiger partial charge in [-0.15, -0.1) is 12.4 Å². The van der Waals surface area contributed by atoms with Gasteiger partial charge in [0.1, 0.15) is 0 Å². The third-order valence-corrected chi connectivity index (χ3v) is 3.63. The molecule has 1 amide bonds. The first-order valence-corrected chi connectivity index (χ1v) is 6.89. The molecule has 19 heavy (non-hydrogen) atoms.